The Hall–Kier alpha value is -1.72. The van der Waals surface area contributed by atoms with E-state index in [1.165, 1.54) is 11.1 Å². The molecule has 1 aromatic carbocycles. The van der Waals surface area contributed by atoms with Gasteiger partial charge >= 0.3 is 0 Å². The fourth-order valence-electron chi connectivity index (χ4n) is 2.72. The fraction of sp³-hybridized carbons (Fsp3) is 0.444. The van der Waals surface area contributed by atoms with Crippen molar-refractivity contribution in [3.63, 3.8) is 0 Å². The number of carbonyl (C=O) groups excluding carboxylic acids is 1. The molecule has 0 radical (unpaired) electrons. The molecule has 3 rings (SSSR count). The van der Waals surface area contributed by atoms with Crippen LogP contribution in [-0.2, 0) is 16.0 Å². The number of aryl methyl sites for hydroxylation is 2. The van der Waals surface area contributed by atoms with E-state index in [-0.39, 0.29) is 12.0 Å². The zero-order valence-corrected chi connectivity index (χ0v) is 14.2. The van der Waals surface area contributed by atoms with Crippen molar-refractivity contribution in [3.05, 3.63) is 40.9 Å². The van der Waals surface area contributed by atoms with Gasteiger partial charge < -0.3 is 10.1 Å². The smallest absolute Gasteiger partial charge is 0.220 e. The maximum Gasteiger partial charge on any atom is 0.220 e. The highest BCUT2D eigenvalue weighted by Crippen LogP contribution is 2.26. The number of nitrogens with zero attached hydrogens (tertiary/aromatic N) is 1. The predicted molar refractivity (Wildman–Crippen MR) is 92.6 cm³/mol. The van der Waals surface area contributed by atoms with E-state index < -0.39 is 0 Å². The Morgan fingerprint density at radius 3 is 3.09 bits per heavy atom. The monoisotopic (exact) mass is 330 g/mol. The third kappa shape index (κ3) is 4.39. The highest BCUT2D eigenvalue weighted by Gasteiger charge is 2.16. The van der Waals surface area contributed by atoms with Gasteiger partial charge in [-0.15, -0.1) is 11.3 Å². The minimum Gasteiger partial charge on any atom is -0.376 e. The summed E-state index contributed by atoms with van der Waals surface area (Å²) in [5.74, 6) is 0.0749. The van der Waals surface area contributed by atoms with Crippen molar-refractivity contribution < 1.29 is 9.53 Å². The van der Waals surface area contributed by atoms with Crippen molar-refractivity contribution >= 4 is 17.2 Å². The molecular weight excluding hydrogens is 308 g/mol. The van der Waals surface area contributed by atoms with Gasteiger partial charge in [-0.05, 0) is 31.7 Å². The van der Waals surface area contributed by atoms with E-state index in [1.54, 1.807) is 11.3 Å². The van der Waals surface area contributed by atoms with Crippen molar-refractivity contribution in [2.75, 3.05) is 13.2 Å². The molecule has 1 N–H and O–H groups in total. The summed E-state index contributed by atoms with van der Waals surface area (Å²) in [6.45, 7) is 3.54. The molecule has 2 aromatic rings. The van der Waals surface area contributed by atoms with E-state index in [9.17, 15) is 4.79 Å². The van der Waals surface area contributed by atoms with Gasteiger partial charge in [-0.2, -0.15) is 0 Å². The first-order chi connectivity index (χ1) is 11.2. The van der Waals surface area contributed by atoms with Crippen LogP contribution in [0.2, 0.25) is 0 Å². The van der Waals surface area contributed by atoms with Crippen molar-refractivity contribution in [1.82, 2.24) is 10.3 Å². The molecule has 1 aromatic heterocycles. The van der Waals surface area contributed by atoms with E-state index in [0.717, 1.165) is 30.2 Å². The molecule has 1 aliphatic rings. The summed E-state index contributed by atoms with van der Waals surface area (Å²) in [6.07, 6.45) is 3.50. The van der Waals surface area contributed by atoms with Crippen LogP contribution in [0.1, 0.15) is 30.5 Å². The number of benzene rings is 1. The maximum atomic E-state index is 11.9. The van der Waals surface area contributed by atoms with Crippen molar-refractivity contribution in [1.29, 1.82) is 0 Å². The van der Waals surface area contributed by atoms with Gasteiger partial charge in [-0.3, -0.25) is 4.79 Å². The summed E-state index contributed by atoms with van der Waals surface area (Å²) >= 11 is 1.64. The Kier molecular flexibility index (Phi) is 5.41. The standard InChI is InChI=1S/C18H22N2O2S/c1-13-5-2-3-7-16(13)18-20-14(12-23-18)8-9-17(21)19-11-15-6-4-10-22-15/h2-3,5,7,12,15H,4,6,8-11H2,1H3,(H,19,21). The summed E-state index contributed by atoms with van der Waals surface area (Å²) in [5, 5.41) is 6.03. The average molecular weight is 330 g/mol. The Balaban J connectivity index is 1.49. The van der Waals surface area contributed by atoms with Crippen molar-refractivity contribution in [2.45, 2.75) is 38.7 Å². The highest BCUT2D eigenvalue weighted by atomic mass is 32.1. The zero-order chi connectivity index (χ0) is 16.1. The summed E-state index contributed by atoms with van der Waals surface area (Å²) in [4.78, 5) is 16.6. The number of aromatic nitrogens is 1. The second-order valence-electron chi connectivity index (χ2n) is 5.90. The van der Waals surface area contributed by atoms with Crippen molar-refractivity contribution in [3.8, 4) is 10.6 Å². The summed E-state index contributed by atoms with van der Waals surface area (Å²) in [6, 6.07) is 8.24. The molecule has 0 bridgehead atoms. The van der Waals surface area contributed by atoms with Crippen LogP contribution in [-0.4, -0.2) is 30.1 Å². The van der Waals surface area contributed by atoms with Crippen LogP contribution >= 0.6 is 11.3 Å². The molecule has 4 nitrogen and oxygen atoms in total. The molecule has 2 heterocycles. The fourth-order valence-corrected chi connectivity index (χ4v) is 3.67. The Morgan fingerprint density at radius 2 is 2.30 bits per heavy atom. The summed E-state index contributed by atoms with van der Waals surface area (Å²) in [5.41, 5.74) is 3.38. The molecule has 23 heavy (non-hydrogen) atoms. The average Bonchev–Trinajstić information content (AvgIpc) is 3.23. The molecule has 122 valence electrons. The minimum atomic E-state index is 0.0749. The number of nitrogens with one attached hydrogen (secondary N) is 1. The number of hydrogen-bond donors (Lipinski definition) is 1. The largest absolute Gasteiger partial charge is 0.376 e. The van der Waals surface area contributed by atoms with Gasteiger partial charge in [0.2, 0.25) is 5.91 Å². The van der Waals surface area contributed by atoms with E-state index >= 15 is 0 Å². The molecule has 1 amide bonds. The lowest BCUT2D eigenvalue weighted by molar-refractivity contribution is -0.121. The van der Waals surface area contributed by atoms with Gasteiger partial charge in [0.05, 0.1) is 11.8 Å². The van der Waals surface area contributed by atoms with Gasteiger partial charge in [0, 0.05) is 30.5 Å². The molecule has 1 unspecified atom stereocenters. The van der Waals surface area contributed by atoms with Crippen LogP contribution < -0.4 is 5.32 Å². The van der Waals surface area contributed by atoms with Gasteiger partial charge in [0.25, 0.3) is 0 Å². The van der Waals surface area contributed by atoms with E-state index in [4.69, 9.17) is 4.74 Å². The molecular formula is C18H22N2O2S. The maximum absolute atomic E-state index is 11.9. The Labute approximate surface area is 140 Å². The third-order valence-corrected chi connectivity index (χ3v) is 5.01. The van der Waals surface area contributed by atoms with Crippen molar-refractivity contribution in [2.24, 2.45) is 0 Å². The van der Waals surface area contributed by atoms with E-state index in [0.29, 0.717) is 19.4 Å². The Bertz CT molecular complexity index is 663. The Morgan fingerprint density at radius 1 is 1.43 bits per heavy atom. The van der Waals surface area contributed by atoms with Crippen LogP contribution in [0, 0.1) is 6.92 Å². The summed E-state index contributed by atoms with van der Waals surface area (Å²) < 4.78 is 5.50. The topological polar surface area (TPSA) is 51.2 Å². The quantitative estimate of drug-likeness (QED) is 0.884. The van der Waals surface area contributed by atoms with Gasteiger partial charge in [-0.1, -0.05) is 24.3 Å². The lowest BCUT2D eigenvalue weighted by Crippen LogP contribution is -2.31. The highest BCUT2D eigenvalue weighted by molar-refractivity contribution is 7.13. The molecule has 1 saturated heterocycles. The molecule has 5 heteroatoms. The van der Waals surface area contributed by atoms with Crippen LogP contribution in [0.5, 0.6) is 0 Å². The molecule has 1 fully saturated rings. The van der Waals surface area contributed by atoms with Crippen LogP contribution in [0.15, 0.2) is 29.6 Å². The lowest BCUT2D eigenvalue weighted by Gasteiger charge is -2.10. The number of carbonyl (C=O) groups is 1. The molecule has 1 aliphatic heterocycles. The second-order valence-corrected chi connectivity index (χ2v) is 6.76. The molecule has 0 saturated carbocycles. The number of thiazole rings is 1. The van der Waals surface area contributed by atoms with Crippen LogP contribution in [0.4, 0.5) is 0 Å². The molecule has 1 atom stereocenters. The van der Waals surface area contributed by atoms with Gasteiger partial charge in [0.1, 0.15) is 5.01 Å². The third-order valence-electron chi connectivity index (χ3n) is 4.09. The number of rotatable bonds is 6. The first-order valence-electron chi connectivity index (χ1n) is 8.11. The number of hydrogen-bond acceptors (Lipinski definition) is 4. The van der Waals surface area contributed by atoms with E-state index in [2.05, 4.69) is 34.7 Å². The van der Waals surface area contributed by atoms with Crippen LogP contribution in [0.25, 0.3) is 10.6 Å². The molecule has 0 aliphatic carbocycles. The number of ether oxygens (including phenoxy) is 1. The lowest BCUT2D eigenvalue weighted by atomic mass is 10.1. The second kappa shape index (κ2) is 7.70. The minimum absolute atomic E-state index is 0.0749. The predicted octanol–water partition coefficient (Wildman–Crippen LogP) is 3.35. The van der Waals surface area contributed by atoms with Gasteiger partial charge in [-0.25, -0.2) is 4.98 Å². The summed E-state index contributed by atoms with van der Waals surface area (Å²) in [7, 11) is 0. The first kappa shape index (κ1) is 16.1. The SMILES string of the molecule is Cc1ccccc1-c1nc(CCC(=O)NCC2CCCO2)cs1. The number of amides is 1. The normalized spacial score (nSPS) is 17.3. The first-order valence-corrected chi connectivity index (χ1v) is 8.99. The van der Waals surface area contributed by atoms with E-state index in [1.807, 2.05) is 12.1 Å². The van der Waals surface area contributed by atoms with Gasteiger partial charge in [0.15, 0.2) is 0 Å². The zero-order valence-electron chi connectivity index (χ0n) is 13.4. The van der Waals surface area contributed by atoms with Crippen LogP contribution in [0.3, 0.4) is 0 Å². The molecule has 0 spiro atoms.